The van der Waals surface area contributed by atoms with Crippen molar-refractivity contribution in [1.82, 2.24) is 9.97 Å². The number of nitro benzene ring substituents is 1. The van der Waals surface area contributed by atoms with Gasteiger partial charge in [0.05, 0.1) is 27.0 Å². The lowest BCUT2D eigenvalue weighted by molar-refractivity contribution is -0.387. The van der Waals surface area contributed by atoms with Gasteiger partial charge in [-0.05, 0) is 12.5 Å². The van der Waals surface area contributed by atoms with Gasteiger partial charge in [-0.3, -0.25) is 14.9 Å². The molecule has 0 saturated heterocycles. The number of aromatic nitrogens is 2. The van der Waals surface area contributed by atoms with Crippen molar-refractivity contribution < 1.29 is 10.0 Å². The molecule has 1 aromatic heterocycles. The Morgan fingerprint density at radius 3 is 2.95 bits per heavy atom. The van der Waals surface area contributed by atoms with E-state index in [-0.39, 0.29) is 17.7 Å². The molecule has 0 aliphatic rings. The fourth-order valence-corrected chi connectivity index (χ4v) is 2.56. The molecule has 1 aromatic carbocycles. The highest BCUT2D eigenvalue weighted by atomic mass is 32.2. The first-order valence-electron chi connectivity index (χ1n) is 5.53. The maximum absolute atomic E-state index is 11.6. The van der Waals surface area contributed by atoms with Crippen LogP contribution in [0.25, 0.3) is 10.9 Å². The third kappa shape index (κ3) is 2.91. The number of hydrogen-bond acceptors (Lipinski definition) is 6. The minimum absolute atomic E-state index is 0.0340. The minimum Gasteiger partial charge on any atom is -0.396 e. The van der Waals surface area contributed by atoms with E-state index in [4.69, 9.17) is 5.11 Å². The molecule has 1 heterocycles. The Morgan fingerprint density at radius 2 is 2.26 bits per heavy atom. The summed E-state index contributed by atoms with van der Waals surface area (Å²) in [5, 5.41) is 19.9. The monoisotopic (exact) mass is 281 g/mol. The number of benzene rings is 1. The second-order valence-electron chi connectivity index (χ2n) is 3.75. The fourth-order valence-electron chi connectivity index (χ4n) is 1.59. The van der Waals surface area contributed by atoms with Crippen molar-refractivity contribution >= 4 is 28.4 Å². The number of fused-ring (bicyclic) bond motifs is 1. The average molecular weight is 281 g/mol. The summed E-state index contributed by atoms with van der Waals surface area (Å²) in [5.41, 5.74) is -0.102. The van der Waals surface area contributed by atoms with E-state index in [0.29, 0.717) is 22.6 Å². The number of thioether (sulfide) groups is 1. The van der Waals surface area contributed by atoms with Crippen molar-refractivity contribution in [3.05, 3.63) is 38.9 Å². The number of aromatic amines is 1. The Balaban J connectivity index is 2.52. The molecule has 0 saturated carbocycles. The standard InChI is InChI=1S/C11H11N3O4S/c15-2-1-3-19-10-5-8-7(4-9(10)14(17)18)11(16)13-6-12-8/h4-6,15H,1-3H2,(H,12,13,16). The first-order valence-corrected chi connectivity index (χ1v) is 6.51. The highest BCUT2D eigenvalue weighted by molar-refractivity contribution is 7.99. The molecule has 0 atom stereocenters. The normalized spacial score (nSPS) is 10.8. The molecule has 0 aliphatic carbocycles. The van der Waals surface area contributed by atoms with E-state index in [1.165, 1.54) is 30.2 Å². The highest BCUT2D eigenvalue weighted by Crippen LogP contribution is 2.32. The van der Waals surface area contributed by atoms with Gasteiger partial charge in [-0.2, -0.15) is 0 Å². The van der Waals surface area contributed by atoms with E-state index >= 15 is 0 Å². The first-order chi connectivity index (χ1) is 9.13. The van der Waals surface area contributed by atoms with Crippen molar-refractivity contribution in [2.24, 2.45) is 0 Å². The number of aliphatic hydroxyl groups is 1. The van der Waals surface area contributed by atoms with Crippen LogP contribution >= 0.6 is 11.8 Å². The number of nitrogens with one attached hydrogen (secondary N) is 1. The molecule has 0 radical (unpaired) electrons. The van der Waals surface area contributed by atoms with Crippen LogP contribution in [0.4, 0.5) is 5.69 Å². The zero-order chi connectivity index (χ0) is 13.8. The van der Waals surface area contributed by atoms with Gasteiger partial charge in [0.15, 0.2) is 0 Å². The van der Waals surface area contributed by atoms with Crippen LogP contribution in [0.5, 0.6) is 0 Å². The molecule has 0 spiro atoms. The van der Waals surface area contributed by atoms with E-state index in [2.05, 4.69) is 9.97 Å². The lowest BCUT2D eigenvalue weighted by Gasteiger charge is -2.04. The summed E-state index contributed by atoms with van der Waals surface area (Å²) in [7, 11) is 0. The third-order valence-corrected chi connectivity index (χ3v) is 3.61. The second kappa shape index (κ2) is 5.81. The SMILES string of the molecule is O=c1[nH]cnc2cc(SCCCO)c([N+](=O)[O-])cc12. The number of rotatable bonds is 5. The maximum atomic E-state index is 11.6. The zero-order valence-electron chi connectivity index (χ0n) is 9.83. The predicted octanol–water partition coefficient (Wildman–Crippen LogP) is 1.31. The Labute approximate surface area is 111 Å². The molecule has 7 nitrogen and oxygen atoms in total. The topological polar surface area (TPSA) is 109 Å². The van der Waals surface area contributed by atoms with Crippen LogP contribution in [0, 0.1) is 10.1 Å². The summed E-state index contributed by atoms with van der Waals surface area (Å²) >= 11 is 1.27. The summed E-state index contributed by atoms with van der Waals surface area (Å²) in [6.07, 6.45) is 1.81. The van der Waals surface area contributed by atoms with Gasteiger partial charge in [0.25, 0.3) is 11.2 Å². The zero-order valence-corrected chi connectivity index (χ0v) is 10.6. The quantitative estimate of drug-likeness (QED) is 0.370. The molecule has 2 N–H and O–H groups in total. The third-order valence-electron chi connectivity index (χ3n) is 2.48. The number of H-pyrrole nitrogens is 1. The summed E-state index contributed by atoms with van der Waals surface area (Å²) < 4.78 is 0. The van der Waals surface area contributed by atoms with Gasteiger partial charge in [0.1, 0.15) is 0 Å². The molecular weight excluding hydrogens is 270 g/mol. The number of nitro groups is 1. The number of hydrogen-bond donors (Lipinski definition) is 2. The van der Waals surface area contributed by atoms with E-state index in [9.17, 15) is 14.9 Å². The second-order valence-corrected chi connectivity index (χ2v) is 4.89. The Hall–Kier alpha value is -1.93. The highest BCUT2D eigenvalue weighted by Gasteiger charge is 2.17. The smallest absolute Gasteiger partial charge is 0.283 e. The van der Waals surface area contributed by atoms with Crippen LogP contribution in [-0.4, -0.2) is 32.4 Å². The van der Waals surface area contributed by atoms with E-state index in [1.807, 2.05) is 0 Å². The molecule has 0 unspecified atom stereocenters. The number of aliphatic hydroxyl groups excluding tert-OH is 1. The van der Waals surface area contributed by atoms with Gasteiger partial charge in [-0.1, -0.05) is 0 Å². The molecule has 0 aliphatic heterocycles. The molecule has 0 bridgehead atoms. The van der Waals surface area contributed by atoms with E-state index in [0.717, 1.165) is 0 Å². The minimum atomic E-state index is -0.521. The van der Waals surface area contributed by atoms with E-state index < -0.39 is 10.5 Å². The molecule has 19 heavy (non-hydrogen) atoms. The summed E-state index contributed by atoms with van der Waals surface area (Å²) in [6.45, 7) is 0.0340. The average Bonchev–Trinajstić information content (AvgIpc) is 2.38. The van der Waals surface area contributed by atoms with Gasteiger partial charge in [0, 0.05) is 18.4 Å². The molecule has 0 fully saturated rings. The van der Waals surface area contributed by atoms with Crippen LogP contribution in [0.15, 0.2) is 28.2 Å². The molecule has 100 valence electrons. The van der Waals surface area contributed by atoms with Crippen LogP contribution < -0.4 is 5.56 Å². The molecule has 0 amide bonds. The van der Waals surface area contributed by atoms with Crippen molar-refractivity contribution in [2.75, 3.05) is 12.4 Å². The van der Waals surface area contributed by atoms with Crippen molar-refractivity contribution in [1.29, 1.82) is 0 Å². The van der Waals surface area contributed by atoms with Gasteiger partial charge in [-0.15, -0.1) is 11.8 Å². The lowest BCUT2D eigenvalue weighted by atomic mass is 10.2. The van der Waals surface area contributed by atoms with Crippen LogP contribution in [0.1, 0.15) is 6.42 Å². The first kappa shape index (κ1) is 13.5. The van der Waals surface area contributed by atoms with Crippen molar-refractivity contribution in [3.8, 4) is 0 Å². The maximum Gasteiger partial charge on any atom is 0.283 e. The van der Waals surface area contributed by atoms with Crippen LogP contribution in [-0.2, 0) is 0 Å². The van der Waals surface area contributed by atoms with E-state index in [1.54, 1.807) is 0 Å². The van der Waals surface area contributed by atoms with Crippen molar-refractivity contribution in [2.45, 2.75) is 11.3 Å². The largest absolute Gasteiger partial charge is 0.396 e. The molecular formula is C11H11N3O4S. The van der Waals surface area contributed by atoms with Gasteiger partial charge >= 0.3 is 0 Å². The van der Waals surface area contributed by atoms with Crippen LogP contribution in [0.2, 0.25) is 0 Å². The summed E-state index contributed by atoms with van der Waals surface area (Å²) in [4.78, 5) is 28.9. The Morgan fingerprint density at radius 1 is 1.47 bits per heavy atom. The van der Waals surface area contributed by atoms with Crippen LogP contribution in [0.3, 0.4) is 0 Å². The molecule has 2 aromatic rings. The summed E-state index contributed by atoms with van der Waals surface area (Å²) in [6, 6.07) is 2.77. The molecule has 2 rings (SSSR count). The lowest BCUT2D eigenvalue weighted by Crippen LogP contribution is -2.07. The Bertz CT molecular complexity index is 671. The van der Waals surface area contributed by atoms with Crippen molar-refractivity contribution in [3.63, 3.8) is 0 Å². The molecule has 8 heteroatoms. The van der Waals surface area contributed by atoms with Gasteiger partial charge in [0.2, 0.25) is 0 Å². The summed E-state index contributed by atoms with van der Waals surface area (Å²) in [5.74, 6) is 0.562. The predicted molar refractivity (Wildman–Crippen MR) is 71.4 cm³/mol. The Kier molecular flexibility index (Phi) is 4.13. The number of nitrogens with zero attached hydrogens (tertiary/aromatic N) is 2. The van der Waals surface area contributed by atoms with Gasteiger partial charge in [-0.25, -0.2) is 4.98 Å². The fraction of sp³-hybridized carbons (Fsp3) is 0.273. The van der Waals surface area contributed by atoms with Gasteiger partial charge < -0.3 is 10.1 Å².